The molecule has 1 N–H and O–H groups in total. The van der Waals surface area contributed by atoms with E-state index in [0.717, 1.165) is 18.4 Å². The largest absolute Gasteiger partial charge is 0.323 e. The summed E-state index contributed by atoms with van der Waals surface area (Å²) in [6, 6.07) is 1.81. The summed E-state index contributed by atoms with van der Waals surface area (Å²) in [5.74, 6) is 2.49. The Morgan fingerprint density at radius 2 is 2.35 bits per heavy atom. The Bertz CT molecular complexity index is 417. The van der Waals surface area contributed by atoms with Gasteiger partial charge in [0.15, 0.2) is 5.15 Å². The Balaban J connectivity index is 2.48. The molecule has 17 heavy (non-hydrogen) atoms. The SMILES string of the molecule is C#CCCCCC(=O)Nc1c(C)ccnc1Cl. The monoisotopic (exact) mass is 250 g/mol. The van der Waals surface area contributed by atoms with Gasteiger partial charge in [-0.15, -0.1) is 12.3 Å². The number of hydrogen-bond donors (Lipinski definition) is 1. The van der Waals surface area contributed by atoms with Gasteiger partial charge in [0.2, 0.25) is 5.91 Å². The maximum absolute atomic E-state index is 11.6. The van der Waals surface area contributed by atoms with E-state index >= 15 is 0 Å². The van der Waals surface area contributed by atoms with E-state index in [0.29, 0.717) is 23.7 Å². The zero-order valence-corrected chi connectivity index (χ0v) is 10.5. The number of aryl methyl sites for hydroxylation is 1. The molecule has 0 aliphatic carbocycles. The van der Waals surface area contributed by atoms with Crippen molar-refractivity contribution in [1.29, 1.82) is 0 Å². The minimum atomic E-state index is -0.0555. The van der Waals surface area contributed by atoms with E-state index in [1.54, 1.807) is 12.3 Å². The number of hydrogen-bond acceptors (Lipinski definition) is 2. The van der Waals surface area contributed by atoms with Gasteiger partial charge in [0.1, 0.15) is 0 Å². The van der Waals surface area contributed by atoms with Crippen LogP contribution in [0.5, 0.6) is 0 Å². The Kier molecular flexibility index (Phi) is 5.51. The maximum Gasteiger partial charge on any atom is 0.224 e. The van der Waals surface area contributed by atoms with E-state index in [9.17, 15) is 4.79 Å². The van der Waals surface area contributed by atoms with Crippen LogP contribution in [0.4, 0.5) is 5.69 Å². The third-order valence-corrected chi connectivity index (χ3v) is 2.64. The molecule has 0 radical (unpaired) electrons. The Morgan fingerprint density at radius 3 is 3.00 bits per heavy atom. The van der Waals surface area contributed by atoms with Crippen LogP contribution in [0.2, 0.25) is 5.15 Å². The van der Waals surface area contributed by atoms with Gasteiger partial charge in [-0.05, 0) is 31.4 Å². The number of unbranched alkanes of at least 4 members (excludes halogenated alkanes) is 2. The number of carbonyl (C=O) groups excluding carboxylic acids is 1. The lowest BCUT2D eigenvalue weighted by Gasteiger charge is -2.09. The molecule has 0 unspecified atom stereocenters. The Hall–Kier alpha value is -1.53. The molecule has 1 heterocycles. The molecule has 3 nitrogen and oxygen atoms in total. The van der Waals surface area contributed by atoms with Gasteiger partial charge >= 0.3 is 0 Å². The summed E-state index contributed by atoms with van der Waals surface area (Å²) in [6.07, 6.45) is 9.55. The zero-order valence-electron chi connectivity index (χ0n) is 9.79. The molecule has 0 spiro atoms. The molecule has 1 rings (SSSR count). The molecular formula is C13H15ClN2O. The molecule has 0 aliphatic heterocycles. The summed E-state index contributed by atoms with van der Waals surface area (Å²) in [5.41, 5.74) is 1.50. The van der Waals surface area contributed by atoms with Crippen molar-refractivity contribution in [2.24, 2.45) is 0 Å². The molecule has 1 aromatic rings. The average Bonchev–Trinajstić information content (AvgIpc) is 2.30. The molecule has 1 aromatic heterocycles. The predicted octanol–water partition coefficient (Wildman–Crippen LogP) is 3.18. The second-order valence-corrected chi connectivity index (χ2v) is 4.11. The van der Waals surface area contributed by atoms with Gasteiger partial charge in [0, 0.05) is 19.0 Å². The van der Waals surface area contributed by atoms with Crippen molar-refractivity contribution in [2.75, 3.05) is 5.32 Å². The third kappa shape index (κ3) is 4.46. The molecule has 1 amide bonds. The summed E-state index contributed by atoms with van der Waals surface area (Å²) in [6.45, 7) is 1.88. The Morgan fingerprint density at radius 1 is 1.59 bits per heavy atom. The second-order valence-electron chi connectivity index (χ2n) is 3.75. The van der Waals surface area contributed by atoms with Gasteiger partial charge in [-0.1, -0.05) is 11.6 Å². The number of anilines is 1. The van der Waals surface area contributed by atoms with Gasteiger partial charge in [-0.25, -0.2) is 4.98 Å². The van der Waals surface area contributed by atoms with Crippen LogP contribution in [0, 0.1) is 19.3 Å². The zero-order chi connectivity index (χ0) is 12.7. The first-order valence-corrected chi connectivity index (χ1v) is 5.87. The molecule has 0 fully saturated rings. The summed E-state index contributed by atoms with van der Waals surface area (Å²) in [5, 5.41) is 3.09. The minimum Gasteiger partial charge on any atom is -0.323 e. The summed E-state index contributed by atoms with van der Waals surface area (Å²) in [4.78, 5) is 15.6. The van der Waals surface area contributed by atoms with E-state index < -0.39 is 0 Å². The number of carbonyl (C=O) groups is 1. The van der Waals surface area contributed by atoms with Gasteiger partial charge in [-0.2, -0.15) is 0 Å². The van der Waals surface area contributed by atoms with E-state index in [2.05, 4.69) is 16.2 Å². The van der Waals surface area contributed by atoms with Crippen LogP contribution < -0.4 is 5.32 Å². The van der Waals surface area contributed by atoms with Crippen LogP contribution in [-0.2, 0) is 4.79 Å². The quantitative estimate of drug-likeness (QED) is 0.495. The van der Waals surface area contributed by atoms with Gasteiger partial charge in [0.25, 0.3) is 0 Å². The molecule has 0 saturated carbocycles. The molecule has 0 atom stereocenters. The number of halogens is 1. The highest BCUT2D eigenvalue weighted by atomic mass is 35.5. The van der Waals surface area contributed by atoms with Crippen LogP contribution in [0.15, 0.2) is 12.3 Å². The number of amides is 1. The number of terminal acetylenes is 1. The molecule has 4 heteroatoms. The molecular weight excluding hydrogens is 236 g/mol. The minimum absolute atomic E-state index is 0.0555. The van der Waals surface area contributed by atoms with E-state index in [-0.39, 0.29) is 5.91 Å². The smallest absolute Gasteiger partial charge is 0.224 e. The fourth-order valence-corrected chi connectivity index (χ4v) is 1.64. The average molecular weight is 251 g/mol. The lowest BCUT2D eigenvalue weighted by molar-refractivity contribution is -0.116. The Labute approximate surface area is 107 Å². The van der Waals surface area contributed by atoms with Crippen LogP contribution in [-0.4, -0.2) is 10.9 Å². The van der Waals surface area contributed by atoms with Gasteiger partial charge < -0.3 is 5.32 Å². The third-order valence-electron chi connectivity index (χ3n) is 2.35. The molecule has 0 aromatic carbocycles. The van der Waals surface area contributed by atoms with E-state index in [4.69, 9.17) is 18.0 Å². The first-order chi connectivity index (χ1) is 8.15. The fraction of sp³-hybridized carbons (Fsp3) is 0.385. The van der Waals surface area contributed by atoms with Crippen LogP contribution in [0.3, 0.4) is 0 Å². The fourth-order valence-electron chi connectivity index (χ4n) is 1.39. The number of nitrogens with one attached hydrogen (secondary N) is 1. The molecule has 0 saturated heterocycles. The van der Waals surface area contributed by atoms with Crippen molar-refractivity contribution >= 4 is 23.2 Å². The lowest BCUT2D eigenvalue weighted by atomic mass is 10.2. The maximum atomic E-state index is 11.6. The topological polar surface area (TPSA) is 42.0 Å². The van der Waals surface area contributed by atoms with Crippen LogP contribution in [0.1, 0.15) is 31.2 Å². The van der Waals surface area contributed by atoms with Crippen molar-refractivity contribution in [2.45, 2.75) is 32.6 Å². The number of nitrogens with zero attached hydrogens (tertiary/aromatic N) is 1. The van der Waals surface area contributed by atoms with Crippen LogP contribution in [0.25, 0.3) is 0 Å². The highest BCUT2D eigenvalue weighted by Crippen LogP contribution is 2.22. The molecule has 90 valence electrons. The first-order valence-electron chi connectivity index (χ1n) is 5.49. The normalized spacial score (nSPS) is 9.71. The second kappa shape index (κ2) is 6.93. The highest BCUT2D eigenvalue weighted by molar-refractivity contribution is 6.32. The first kappa shape index (κ1) is 13.5. The van der Waals surface area contributed by atoms with Gasteiger partial charge in [-0.3, -0.25) is 4.79 Å². The summed E-state index contributed by atoms with van der Waals surface area (Å²) >= 11 is 5.91. The van der Waals surface area contributed by atoms with Crippen molar-refractivity contribution in [3.8, 4) is 12.3 Å². The van der Waals surface area contributed by atoms with Crippen molar-refractivity contribution < 1.29 is 4.79 Å². The molecule has 0 aliphatic rings. The number of pyridine rings is 1. The predicted molar refractivity (Wildman–Crippen MR) is 69.9 cm³/mol. The lowest BCUT2D eigenvalue weighted by Crippen LogP contribution is -2.12. The van der Waals surface area contributed by atoms with Gasteiger partial charge in [0.05, 0.1) is 5.69 Å². The van der Waals surface area contributed by atoms with Crippen molar-refractivity contribution in [1.82, 2.24) is 4.98 Å². The van der Waals surface area contributed by atoms with Crippen LogP contribution >= 0.6 is 11.6 Å². The summed E-state index contributed by atoms with van der Waals surface area (Å²) < 4.78 is 0. The van der Waals surface area contributed by atoms with Crippen molar-refractivity contribution in [3.63, 3.8) is 0 Å². The van der Waals surface area contributed by atoms with E-state index in [1.807, 2.05) is 6.92 Å². The number of aromatic nitrogens is 1. The van der Waals surface area contributed by atoms with Crippen molar-refractivity contribution in [3.05, 3.63) is 23.0 Å². The van der Waals surface area contributed by atoms with E-state index in [1.165, 1.54) is 0 Å². The highest BCUT2D eigenvalue weighted by Gasteiger charge is 2.08. The molecule has 0 bridgehead atoms. The number of rotatable bonds is 5. The standard InChI is InChI=1S/C13H15ClN2O/c1-3-4-5-6-7-11(17)16-12-10(2)8-9-15-13(12)14/h1,8-9H,4-7H2,2H3,(H,16,17). The summed E-state index contributed by atoms with van der Waals surface area (Å²) in [7, 11) is 0.